The van der Waals surface area contributed by atoms with Crippen LogP contribution in [0.1, 0.15) is 24.1 Å². The average Bonchev–Trinajstić information content (AvgIpc) is 2.61. The normalized spacial score (nSPS) is 12.1. The van der Waals surface area contributed by atoms with Crippen molar-refractivity contribution in [3.8, 4) is 0 Å². The molecule has 0 aliphatic rings. The molecule has 0 bridgehead atoms. The van der Waals surface area contributed by atoms with Crippen molar-refractivity contribution in [2.45, 2.75) is 19.4 Å². The molecule has 0 saturated carbocycles. The molecule has 0 heterocycles. The highest BCUT2D eigenvalue weighted by molar-refractivity contribution is 5.90. The van der Waals surface area contributed by atoms with Crippen LogP contribution in [0, 0.1) is 5.82 Å². The number of halogens is 1. The van der Waals surface area contributed by atoms with Crippen molar-refractivity contribution in [2.75, 3.05) is 7.05 Å². The Labute approximate surface area is 141 Å². The number of rotatable bonds is 4. The zero-order chi connectivity index (χ0) is 17.1. The lowest BCUT2D eigenvalue weighted by molar-refractivity contribution is -0.131. The van der Waals surface area contributed by atoms with Gasteiger partial charge in [-0.05, 0) is 41.0 Å². The molecule has 1 atom stereocenters. The van der Waals surface area contributed by atoms with E-state index in [-0.39, 0.29) is 17.8 Å². The number of hydrogen-bond acceptors (Lipinski definition) is 1. The predicted molar refractivity (Wildman–Crippen MR) is 95.2 cm³/mol. The van der Waals surface area contributed by atoms with Gasteiger partial charge in [-0.3, -0.25) is 4.79 Å². The fourth-order valence-corrected chi connectivity index (χ4v) is 2.92. The minimum absolute atomic E-state index is 0.0446. The van der Waals surface area contributed by atoms with E-state index in [1.807, 2.05) is 49.4 Å². The lowest BCUT2D eigenvalue weighted by Gasteiger charge is -2.25. The summed E-state index contributed by atoms with van der Waals surface area (Å²) in [6, 6.07) is 20.3. The summed E-state index contributed by atoms with van der Waals surface area (Å²) in [5.41, 5.74) is 1.95. The molecule has 1 amide bonds. The molecule has 3 aromatic rings. The van der Waals surface area contributed by atoms with Crippen LogP contribution in [0.4, 0.5) is 4.39 Å². The van der Waals surface area contributed by atoms with E-state index in [1.54, 1.807) is 24.1 Å². The third kappa shape index (κ3) is 3.30. The minimum Gasteiger partial charge on any atom is -0.339 e. The molecule has 0 aliphatic heterocycles. The Hall–Kier alpha value is -2.68. The van der Waals surface area contributed by atoms with Crippen LogP contribution in [0.15, 0.2) is 66.7 Å². The number of likely N-dealkylation sites (N-methyl/N-ethyl adjacent to an activating group) is 1. The maximum Gasteiger partial charge on any atom is 0.227 e. The van der Waals surface area contributed by atoms with Crippen molar-refractivity contribution < 1.29 is 9.18 Å². The topological polar surface area (TPSA) is 20.3 Å². The van der Waals surface area contributed by atoms with Crippen molar-refractivity contribution in [2.24, 2.45) is 0 Å². The maximum absolute atomic E-state index is 13.1. The third-order valence-corrected chi connectivity index (χ3v) is 4.55. The van der Waals surface area contributed by atoms with Crippen LogP contribution in [0.5, 0.6) is 0 Å². The summed E-state index contributed by atoms with van der Waals surface area (Å²) in [5.74, 6) is -0.223. The van der Waals surface area contributed by atoms with Crippen LogP contribution >= 0.6 is 0 Å². The second-order valence-corrected chi connectivity index (χ2v) is 6.05. The van der Waals surface area contributed by atoms with Gasteiger partial charge in [0.1, 0.15) is 5.82 Å². The predicted octanol–water partition coefficient (Wildman–Crippen LogP) is 4.74. The molecule has 0 aliphatic carbocycles. The smallest absolute Gasteiger partial charge is 0.227 e. The highest BCUT2D eigenvalue weighted by atomic mass is 19.1. The van der Waals surface area contributed by atoms with Crippen LogP contribution in [-0.4, -0.2) is 17.9 Å². The molecule has 0 N–H and O–H groups in total. The van der Waals surface area contributed by atoms with Crippen LogP contribution < -0.4 is 0 Å². The number of benzene rings is 3. The monoisotopic (exact) mass is 321 g/mol. The summed E-state index contributed by atoms with van der Waals surface area (Å²) in [4.78, 5) is 14.4. The first-order valence-corrected chi connectivity index (χ1v) is 8.04. The van der Waals surface area contributed by atoms with Crippen LogP contribution in [0.2, 0.25) is 0 Å². The van der Waals surface area contributed by atoms with Gasteiger partial charge in [-0.2, -0.15) is 0 Å². The third-order valence-electron chi connectivity index (χ3n) is 4.55. The zero-order valence-corrected chi connectivity index (χ0v) is 13.9. The summed E-state index contributed by atoms with van der Waals surface area (Å²) < 4.78 is 13.1. The van der Waals surface area contributed by atoms with Crippen molar-refractivity contribution in [3.05, 3.63) is 83.7 Å². The lowest BCUT2D eigenvalue weighted by Crippen LogP contribution is -2.31. The second-order valence-electron chi connectivity index (χ2n) is 6.05. The van der Waals surface area contributed by atoms with E-state index in [0.717, 1.165) is 21.9 Å². The van der Waals surface area contributed by atoms with E-state index < -0.39 is 0 Å². The fourth-order valence-electron chi connectivity index (χ4n) is 2.92. The van der Waals surface area contributed by atoms with Gasteiger partial charge in [-0.25, -0.2) is 4.39 Å². The Morgan fingerprint density at radius 1 is 1.00 bits per heavy atom. The molecule has 3 rings (SSSR count). The largest absolute Gasteiger partial charge is 0.339 e. The molecule has 0 radical (unpaired) electrons. The number of fused-ring (bicyclic) bond motifs is 1. The molecule has 2 nitrogen and oxygen atoms in total. The Kier molecular flexibility index (Phi) is 4.61. The van der Waals surface area contributed by atoms with Crippen molar-refractivity contribution in [1.29, 1.82) is 0 Å². The highest BCUT2D eigenvalue weighted by Crippen LogP contribution is 2.23. The van der Waals surface area contributed by atoms with Crippen molar-refractivity contribution >= 4 is 16.7 Å². The van der Waals surface area contributed by atoms with Crippen LogP contribution in [0.3, 0.4) is 0 Å². The molecular formula is C21H20FNO. The molecule has 3 heteroatoms. The number of hydrogen-bond donors (Lipinski definition) is 0. The zero-order valence-electron chi connectivity index (χ0n) is 13.9. The quantitative estimate of drug-likeness (QED) is 0.679. The number of amides is 1. The lowest BCUT2D eigenvalue weighted by atomic mass is 10.0. The van der Waals surface area contributed by atoms with Gasteiger partial charge in [0.25, 0.3) is 0 Å². The van der Waals surface area contributed by atoms with Crippen LogP contribution in [-0.2, 0) is 11.2 Å². The van der Waals surface area contributed by atoms with Crippen molar-refractivity contribution in [3.63, 3.8) is 0 Å². The minimum atomic E-state index is -0.268. The number of carbonyl (C=O) groups excluding carboxylic acids is 1. The summed E-state index contributed by atoms with van der Waals surface area (Å²) in [7, 11) is 1.79. The molecule has 0 aromatic heterocycles. The summed E-state index contributed by atoms with van der Waals surface area (Å²) in [5, 5.41) is 2.24. The second kappa shape index (κ2) is 6.83. The standard InChI is InChI=1S/C21H20FNO/c1-15(16-10-12-19(22)13-11-16)23(2)21(24)14-18-8-5-7-17-6-3-4-9-20(17)18/h3-13,15H,14H2,1-2H3/t15-/m1/s1. The first-order valence-electron chi connectivity index (χ1n) is 8.04. The van der Waals surface area contributed by atoms with E-state index in [2.05, 4.69) is 0 Å². The van der Waals surface area contributed by atoms with E-state index in [9.17, 15) is 9.18 Å². The molecule has 24 heavy (non-hydrogen) atoms. The van der Waals surface area contributed by atoms with E-state index in [4.69, 9.17) is 0 Å². The Morgan fingerprint density at radius 3 is 2.42 bits per heavy atom. The van der Waals surface area contributed by atoms with E-state index in [0.29, 0.717) is 6.42 Å². The number of carbonyl (C=O) groups is 1. The van der Waals surface area contributed by atoms with Crippen LogP contribution in [0.25, 0.3) is 10.8 Å². The van der Waals surface area contributed by atoms with Gasteiger partial charge >= 0.3 is 0 Å². The summed E-state index contributed by atoms with van der Waals surface area (Å²) >= 11 is 0. The molecule has 3 aromatic carbocycles. The first-order chi connectivity index (χ1) is 11.6. The van der Waals surface area contributed by atoms with Gasteiger partial charge in [-0.15, -0.1) is 0 Å². The van der Waals surface area contributed by atoms with Gasteiger partial charge in [0, 0.05) is 7.05 Å². The van der Waals surface area contributed by atoms with Gasteiger partial charge in [0.15, 0.2) is 0 Å². The van der Waals surface area contributed by atoms with Crippen molar-refractivity contribution in [1.82, 2.24) is 4.90 Å². The maximum atomic E-state index is 13.1. The van der Waals surface area contributed by atoms with Gasteiger partial charge in [0.2, 0.25) is 5.91 Å². The van der Waals surface area contributed by atoms with Gasteiger partial charge in [0.05, 0.1) is 12.5 Å². The average molecular weight is 321 g/mol. The first kappa shape index (κ1) is 16.2. The Balaban J connectivity index is 1.79. The summed E-state index contributed by atoms with van der Waals surface area (Å²) in [6.07, 6.45) is 0.351. The Morgan fingerprint density at radius 2 is 1.67 bits per heavy atom. The highest BCUT2D eigenvalue weighted by Gasteiger charge is 2.18. The molecule has 0 saturated heterocycles. The van der Waals surface area contributed by atoms with Gasteiger partial charge in [-0.1, -0.05) is 54.6 Å². The molecular weight excluding hydrogens is 301 g/mol. The molecule has 0 spiro atoms. The van der Waals surface area contributed by atoms with E-state index in [1.165, 1.54) is 12.1 Å². The fraction of sp³-hybridized carbons (Fsp3) is 0.190. The summed E-state index contributed by atoms with van der Waals surface area (Å²) in [6.45, 7) is 1.95. The SMILES string of the molecule is C[C@H](c1ccc(F)cc1)N(C)C(=O)Cc1cccc2ccccc12. The molecule has 0 fully saturated rings. The number of nitrogens with zero attached hydrogens (tertiary/aromatic N) is 1. The van der Waals surface area contributed by atoms with Gasteiger partial charge < -0.3 is 4.90 Å². The molecule has 0 unspecified atom stereocenters. The molecule has 122 valence electrons. The van der Waals surface area contributed by atoms with E-state index >= 15 is 0 Å². The Bertz CT molecular complexity index is 852.